The number of halogens is 1. The van der Waals surface area contributed by atoms with Gasteiger partial charge in [-0.25, -0.2) is 9.59 Å². The van der Waals surface area contributed by atoms with E-state index < -0.39 is 0 Å². The molecule has 0 aliphatic rings. The van der Waals surface area contributed by atoms with Crippen LogP contribution in [0.2, 0.25) is 5.02 Å². The summed E-state index contributed by atoms with van der Waals surface area (Å²) in [4.78, 5) is 28.3. The quantitative estimate of drug-likeness (QED) is 0.628. The SMILES string of the molecule is Cc1c(N=C=O)cc(Cc2ccc(Cl)cc2)cc1N=C=O. The molecule has 0 spiro atoms. The Balaban J connectivity index is 2.45. The summed E-state index contributed by atoms with van der Waals surface area (Å²) in [5.41, 5.74) is 3.47. The van der Waals surface area contributed by atoms with Gasteiger partial charge in [-0.05, 0) is 48.7 Å². The molecule has 0 N–H and O–H groups in total. The molecule has 0 fully saturated rings. The van der Waals surface area contributed by atoms with Crippen LogP contribution < -0.4 is 0 Å². The van der Waals surface area contributed by atoms with Crippen LogP contribution in [0.5, 0.6) is 0 Å². The normalized spacial score (nSPS) is 9.62. The van der Waals surface area contributed by atoms with Gasteiger partial charge < -0.3 is 0 Å². The molecular formula is C16H11ClN2O2. The maximum absolute atomic E-state index is 10.5. The molecule has 0 radical (unpaired) electrons. The molecule has 0 aliphatic heterocycles. The van der Waals surface area contributed by atoms with Crippen molar-refractivity contribution < 1.29 is 9.59 Å². The van der Waals surface area contributed by atoms with Gasteiger partial charge in [0.2, 0.25) is 12.2 Å². The zero-order valence-electron chi connectivity index (χ0n) is 11.3. The van der Waals surface area contributed by atoms with Gasteiger partial charge in [-0.15, -0.1) is 0 Å². The third-order valence-corrected chi connectivity index (χ3v) is 3.32. The van der Waals surface area contributed by atoms with Crippen molar-refractivity contribution in [1.82, 2.24) is 0 Å². The number of hydrogen-bond acceptors (Lipinski definition) is 4. The number of isocyanates is 2. The first kappa shape index (κ1) is 14.9. The molecule has 0 amide bonds. The molecule has 0 saturated heterocycles. The van der Waals surface area contributed by atoms with Crippen molar-refractivity contribution in [2.24, 2.45) is 9.98 Å². The van der Waals surface area contributed by atoms with Gasteiger partial charge in [-0.3, -0.25) is 0 Å². The number of rotatable bonds is 4. The van der Waals surface area contributed by atoms with E-state index in [2.05, 4.69) is 9.98 Å². The second-order valence-corrected chi connectivity index (χ2v) is 4.90. The topological polar surface area (TPSA) is 58.9 Å². The highest BCUT2D eigenvalue weighted by atomic mass is 35.5. The van der Waals surface area contributed by atoms with Crippen molar-refractivity contribution in [3.05, 3.63) is 58.1 Å². The molecule has 0 bridgehead atoms. The van der Waals surface area contributed by atoms with Crippen LogP contribution in [0.15, 0.2) is 46.4 Å². The Morgan fingerprint density at radius 3 is 1.95 bits per heavy atom. The molecule has 4 nitrogen and oxygen atoms in total. The fourth-order valence-corrected chi connectivity index (χ4v) is 2.14. The van der Waals surface area contributed by atoms with E-state index in [1.54, 1.807) is 31.2 Å². The second kappa shape index (κ2) is 6.78. The minimum atomic E-state index is 0.450. The largest absolute Gasteiger partial charge is 0.240 e. The summed E-state index contributed by atoms with van der Waals surface area (Å²) in [6.45, 7) is 1.73. The fourth-order valence-electron chi connectivity index (χ4n) is 2.01. The van der Waals surface area contributed by atoms with Gasteiger partial charge in [0.25, 0.3) is 0 Å². The molecule has 0 heterocycles. The minimum absolute atomic E-state index is 0.450. The molecule has 0 aromatic heterocycles. The Morgan fingerprint density at radius 2 is 1.48 bits per heavy atom. The number of benzene rings is 2. The van der Waals surface area contributed by atoms with Gasteiger partial charge in [0.05, 0.1) is 11.4 Å². The number of nitrogens with zero attached hydrogens (tertiary/aromatic N) is 2. The molecule has 2 rings (SSSR count). The molecule has 21 heavy (non-hydrogen) atoms. The monoisotopic (exact) mass is 298 g/mol. The average Bonchev–Trinajstić information content (AvgIpc) is 2.47. The van der Waals surface area contributed by atoms with Crippen LogP contribution >= 0.6 is 11.6 Å². The van der Waals surface area contributed by atoms with Crippen LogP contribution in [0.25, 0.3) is 0 Å². The molecule has 0 unspecified atom stereocenters. The summed E-state index contributed by atoms with van der Waals surface area (Å²) < 4.78 is 0. The van der Waals surface area contributed by atoms with Gasteiger partial charge in [0.15, 0.2) is 0 Å². The average molecular weight is 299 g/mol. The third-order valence-electron chi connectivity index (χ3n) is 3.07. The highest BCUT2D eigenvalue weighted by molar-refractivity contribution is 6.30. The molecule has 2 aromatic carbocycles. The Hall–Kier alpha value is -2.51. The maximum Gasteiger partial charge on any atom is 0.240 e. The summed E-state index contributed by atoms with van der Waals surface area (Å²) in [6, 6.07) is 11.0. The summed E-state index contributed by atoms with van der Waals surface area (Å²) in [5, 5.41) is 0.667. The van der Waals surface area contributed by atoms with Crippen LogP contribution in [0, 0.1) is 6.92 Å². The van der Waals surface area contributed by atoms with Crippen molar-refractivity contribution in [2.45, 2.75) is 13.3 Å². The molecule has 0 atom stereocenters. The highest BCUT2D eigenvalue weighted by Crippen LogP contribution is 2.31. The van der Waals surface area contributed by atoms with E-state index >= 15 is 0 Å². The lowest BCUT2D eigenvalue weighted by Gasteiger charge is -2.08. The van der Waals surface area contributed by atoms with Crippen LogP contribution in [-0.2, 0) is 16.0 Å². The first-order chi connectivity index (χ1) is 10.1. The molecule has 2 aromatic rings. The van der Waals surface area contributed by atoms with Crippen molar-refractivity contribution in [3.8, 4) is 0 Å². The van der Waals surface area contributed by atoms with Crippen molar-refractivity contribution in [3.63, 3.8) is 0 Å². The van der Waals surface area contributed by atoms with E-state index in [0.717, 1.165) is 11.1 Å². The zero-order chi connectivity index (χ0) is 15.2. The minimum Gasteiger partial charge on any atom is -0.211 e. The van der Waals surface area contributed by atoms with E-state index in [-0.39, 0.29) is 0 Å². The zero-order valence-corrected chi connectivity index (χ0v) is 12.0. The van der Waals surface area contributed by atoms with E-state index in [9.17, 15) is 9.59 Å². The highest BCUT2D eigenvalue weighted by Gasteiger charge is 2.07. The number of aliphatic imine (C=N–C) groups is 2. The second-order valence-electron chi connectivity index (χ2n) is 4.47. The molecule has 0 aliphatic carbocycles. The lowest BCUT2D eigenvalue weighted by atomic mass is 10.0. The van der Waals surface area contributed by atoms with Gasteiger partial charge in [0, 0.05) is 10.6 Å². The van der Waals surface area contributed by atoms with Gasteiger partial charge in [-0.1, -0.05) is 23.7 Å². The van der Waals surface area contributed by atoms with Crippen LogP contribution in [0.1, 0.15) is 16.7 Å². The van der Waals surface area contributed by atoms with E-state index in [1.165, 1.54) is 12.2 Å². The maximum atomic E-state index is 10.5. The van der Waals surface area contributed by atoms with Gasteiger partial charge in [0.1, 0.15) is 0 Å². The Morgan fingerprint density at radius 1 is 0.952 bits per heavy atom. The lowest BCUT2D eigenvalue weighted by molar-refractivity contribution is 0.565. The van der Waals surface area contributed by atoms with Gasteiger partial charge in [-0.2, -0.15) is 9.98 Å². The fraction of sp³-hybridized carbons (Fsp3) is 0.125. The van der Waals surface area contributed by atoms with Gasteiger partial charge >= 0.3 is 0 Å². The number of hydrogen-bond donors (Lipinski definition) is 0. The van der Waals surface area contributed by atoms with E-state index in [4.69, 9.17) is 11.6 Å². The predicted molar refractivity (Wildman–Crippen MR) is 81.0 cm³/mol. The molecular weight excluding hydrogens is 288 g/mol. The van der Waals surface area contributed by atoms with Crippen LogP contribution in [0.4, 0.5) is 11.4 Å². The number of carbonyl (C=O) groups excluding carboxylic acids is 2. The van der Waals surface area contributed by atoms with Crippen molar-refractivity contribution in [2.75, 3.05) is 0 Å². The third kappa shape index (κ3) is 3.74. The summed E-state index contributed by atoms with van der Waals surface area (Å²) in [7, 11) is 0. The van der Waals surface area contributed by atoms with Crippen molar-refractivity contribution >= 4 is 35.1 Å². The van der Waals surface area contributed by atoms with E-state index in [1.807, 2.05) is 12.1 Å². The Labute approximate surface area is 126 Å². The molecule has 104 valence electrons. The van der Waals surface area contributed by atoms with Crippen molar-refractivity contribution in [1.29, 1.82) is 0 Å². The lowest BCUT2D eigenvalue weighted by Crippen LogP contribution is -1.89. The van der Waals surface area contributed by atoms with Crippen LogP contribution in [0.3, 0.4) is 0 Å². The first-order valence-corrected chi connectivity index (χ1v) is 6.55. The summed E-state index contributed by atoms with van der Waals surface area (Å²) in [6.07, 6.45) is 3.63. The summed E-state index contributed by atoms with van der Waals surface area (Å²) in [5.74, 6) is 0. The Bertz CT molecular complexity index is 717. The Kier molecular flexibility index (Phi) is 4.81. The molecule has 5 heteroatoms. The van der Waals surface area contributed by atoms with E-state index in [0.29, 0.717) is 28.4 Å². The first-order valence-electron chi connectivity index (χ1n) is 6.17. The smallest absolute Gasteiger partial charge is 0.211 e. The molecule has 0 saturated carbocycles. The predicted octanol–water partition coefficient (Wildman–Crippen LogP) is 4.17. The standard InChI is InChI=1S/C16H11ClN2O2/c1-11-15(18-9-20)7-13(8-16(11)19-10-21)6-12-2-4-14(17)5-3-12/h2-5,7-8H,6H2,1H3. The summed E-state index contributed by atoms with van der Waals surface area (Å²) >= 11 is 5.85. The van der Waals surface area contributed by atoms with Crippen LogP contribution in [-0.4, -0.2) is 12.2 Å².